The molecule has 7 heteroatoms. The summed E-state index contributed by atoms with van der Waals surface area (Å²) in [5.41, 5.74) is 6.30. The van der Waals surface area contributed by atoms with Gasteiger partial charge in [0.2, 0.25) is 0 Å². The number of hydrogen-bond acceptors (Lipinski definition) is 5. The van der Waals surface area contributed by atoms with Crippen LogP contribution in [0.2, 0.25) is 0 Å². The van der Waals surface area contributed by atoms with Crippen LogP contribution in [0.4, 0.5) is 11.5 Å². The average Bonchev–Trinajstić information content (AvgIpc) is 2.67. The van der Waals surface area contributed by atoms with Crippen molar-refractivity contribution in [1.82, 2.24) is 19.7 Å². The van der Waals surface area contributed by atoms with Gasteiger partial charge in [-0.25, -0.2) is 4.98 Å². The zero-order chi connectivity index (χ0) is 11.5. The Labute approximate surface area is 91.3 Å². The molecule has 0 aliphatic carbocycles. The first-order valence-corrected chi connectivity index (χ1v) is 4.71. The Balaban J connectivity index is 2.10. The predicted molar refractivity (Wildman–Crippen MR) is 59.8 cm³/mol. The summed E-state index contributed by atoms with van der Waals surface area (Å²) in [5.74, 6) is 0.382. The molecule has 7 nitrogen and oxygen atoms in total. The Hall–Kier alpha value is -2.31. The highest BCUT2D eigenvalue weighted by atomic mass is 16.1. The summed E-state index contributed by atoms with van der Waals surface area (Å²) in [5, 5.41) is 7.00. The van der Waals surface area contributed by atoms with Crippen LogP contribution in [-0.2, 0) is 13.6 Å². The molecule has 2 aromatic rings. The third kappa shape index (κ3) is 2.02. The molecule has 84 valence electrons. The fourth-order valence-corrected chi connectivity index (χ4v) is 1.30. The largest absolute Gasteiger partial charge is 0.391 e. The normalized spacial score (nSPS) is 10.3. The van der Waals surface area contributed by atoms with Crippen molar-refractivity contribution in [2.45, 2.75) is 6.54 Å². The second kappa shape index (κ2) is 4.05. The van der Waals surface area contributed by atoms with Crippen LogP contribution >= 0.6 is 0 Å². The standard InChI is InChI=1S/C9H12N6O/c1-15-4-6(3-14-15)2-11-8-7(10)9(16)13-5-12-8/h3-5H,2,10H2,1H3,(H2,11,12,13,16). The summed E-state index contributed by atoms with van der Waals surface area (Å²) in [6, 6.07) is 0. The minimum atomic E-state index is -0.344. The molecular weight excluding hydrogens is 208 g/mol. The molecule has 16 heavy (non-hydrogen) atoms. The van der Waals surface area contributed by atoms with Crippen molar-refractivity contribution in [2.75, 3.05) is 11.1 Å². The van der Waals surface area contributed by atoms with E-state index in [1.54, 1.807) is 10.9 Å². The Bertz CT molecular complexity index is 543. The number of hydrogen-bond donors (Lipinski definition) is 3. The highest BCUT2D eigenvalue weighted by Gasteiger charge is 2.04. The highest BCUT2D eigenvalue weighted by molar-refractivity contribution is 5.58. The lowest BCUT2D eigenvalue weighted by atomic mass is 10.3. The van der Waals surface area contributed by atoms with Gasteiger partial charge >= 0.3 is 0 Å². The first-order chi connectivity index (χ1) is 7.66. The number of nitrogens with two attached hydrogens (primary N) is 1. The molecule has 0 aromatic carbocycles. The summed E-state index contributed by atoms with van der Waals surface area (Å²) in [6.07, 6.45) is 4.91. The molecule has 0 saturated heterocycles. The fourth-order valence-electron chi connectivity index (χ4n) is 1.30. The zero-order valence-corrected chi connectivity index (χ0v) is 8.77. The third-order valence-corrected chi connectivity index (χ3v) is 2.11. The second-order valence-corrected chi connectivity index (χ2v) is 3.37. The molecule has 0 amide bonds. The van der Waals surface area contributed by atoms with E-state index in [0.717, 1.165) is 5.56 Å². The minimum Gasteiger partial charge on any atom is -0.391 e. The maximum Gasteiger partial charge on any atom is 0.276 e. The van der Waals surface area contributed by atoms with Gasteiger partial charge in [0.1, 0.15) is 5.69 Å². The summed E-state index contributed by atoms with van der Waals surface area (Å²) in [7, 11) is 1.84. The molecule has 4 N–H and O–H groups in total. The van der Waals surface area contributed by atoms with Crippen LogP contribution in [-0.4, -0.2) is 19.7 Å². The van der Waals surface area contributed by atoms with Crippen molar-refractivity contribution in [3.63, 3.8) is 0 Å². The van der Waals surface area contributed by atoms with Crippen LogP contribution in [0.5, 0.6) is 0 Å². The van der Waals surface area contributed by atoms with Crippen LogP contribution in [0, 0.1) is 0 Å². The topological polar surface area (TPSA) is 102 Å². The molecule has 0 atom stereocenters. The maximum absolute atomic E-state index is 11.2. The SMILES string of the molecule is Cn1cc(CNc2nc[nH]c(=O)c2N)cn1. The van der Waals surface area contributed by atoms with Gasteiger partial charge in [0.25, 0.3) is 5.56 Å². The molecule has 0 fully saturated rings. The van der Waals surface area contributed by atoms with Crippen LogP contribution in [0.15, 0.2) is 23.5 Å². The van der Waals surface area contributed by atoms with Crippen molar-refractivity contribution in [1.29, 1.82) is 0 Å². The van der Waals surface area contributed by atoms with Crippen molar-refractivity contribution in [2.24, 2.45) is 7.05 Å². The van der Waals surface area contributed by atoms with E-state index in [-0.39, 0.29) is 11.2 Å². The molecule has 2 aromatic heterocycles. The van der Waals surface area contributed by atoms with Gasteiger partial charge in [-0.1, -0.05) is 0 Å². The van der Waals surface area contributed by atoms with E-state index in [9.17, 15) is 4.79 Å². The molecule has 0 saturated carbocycles. The minimum absolute atomic E-state index is 0.0893. The van der Waals surface area contributed by atoms with Gasteiger partial charge in [0.05, 0.1) is 12.5 Å². The number of nitrogen functional groups attached to an aromatic ring is 1. The molecule has 0 aliphatic rings. The van der Waals surface area contributed by atoms with Crippen molar-refractivity contribution < 1.29 is 0 Å². The number of aryl methyl sites for hydroxylation is 1. The summed E-state index contributed by atoms with van der Waals surface area (Å²) < 4.78 is 1.70. The van der Waals surface area contributed by atoms with Gasteiger partial charge in [0, 0.05) is 25.4 Å². The molecule has 0 radical (unpaired) electrons. The van der Waals surface area contributed by atoms with E-state index >= 15 is 0 Å². The lowest BCUT2D eigenvalue weighted by molar-refractivity contribution is 0.767. The average molecular weight is 220 g/mol. The zero-order valence-electron chi connectivity index (χ0n) is 8.77. The first kappa shape index (κ1) is 10.2. The molecule has 0 unspecified atom stereocenters. The van der Waals surface area contributed by atoms with Crippen LogP contribution in [0.3, 0.4) is 0 Å². The monoisotopic (exact) mass is 220 g/mol. The van der Waals surface area contributed by atoms with Crippen LogP contribution in [0.25, 0.3) is 0 Å². The molecule has 0 aliphatic heterocycles. The number of aromatic nitrogens is 4. The van der Waals surface area contributed by atoms with Gasteiger partial charge in [-0.15, -0.1) is 0 Å². The Morgan fingerprint density at radius 1 is 1.62 bits per heavy atom. The molecule has 0 bridgehead atoms. The summed E-state index contributed by atoms with van der Waals surface area (Å²) in [6.45, 7) is 0.522. The number of nitrogens with zero attached hydrogens (tertiary/aromatic N) is 3. The van der Waals surface area contributed by atoms with Crippen LogP contribution in [0.1, 0.15) is 5.56 Å². The summed E-state index contributed by atoms with van der Waals surface area (Å²) in [4.78, 5) is 17.5. The van der Waals surface area contributed by atoms with Gasteiger partial charge in [-0.3, -0.25) is 9.48 Å². The van der Waals surface area contributed by atoms with E-state index in [1.165, 1.54) is 6.33 Å². The predicted octanol–water partition coefficient (Wildman–Crippen LogP) is -0.302. The number of aromatic amines is 1. The van der Waals surface area contributed by atoms with E-state index in [4.69, 9.17) is 5.73 Å². The first-order valence-electron chi connectivity index (χ1n) is 4.71. The highest BCUT2D eigenvalue weighted by Crippen LogP contribution is 2.09. The van der Waals surface area contributed by atoms with Crippen molar-refractivity contribution in [3.8, 4) is 0 Å². The quantitative estimate of drug-likeness (QED) is 0.659. The lowest BCUT2D eigenvalue weighted by Gasteiger charge is -2.04. The molecular formula is C9H12N6O. The lowest BCUT2D eigenvalue weighted by Crippen LogP contribution is -2.16. The molecule has 0 spiro atoms. The number of rotatable bonds is 3. The van der Waals surface area contributed by atoms with E-state index in [0.29, 0.717) is 12.4 Å². The van der Waals surface area contributed by atoms with E-state index in [2.05, 4.69) is 20.4 Å². The van der Waals surface area contributed by atoms with Gasteiger partial charge in [-0.2, -0.15) is 5.10 Å². The Kier molecular flexibility index (Phi) is 2.59. The van der Waals surface area contributed by atoms with Gasteiger partial charge in [0.15, 0.2) is 5.82 Å². The molecule has 2 heterocycles. The number of H-pyrrole nitrogens is 1. The van der Waals surface area contributed by atoms with Crippen LogP contribution < -0.4 is 16.6 Å². The smallest absolute Gasteiger partial charge is 0.276 e. The van der Waals surface area contributed by atoms with E-state index in [1.807, 2.05) is 13.2 Å². The third-order valence-electron chi connectivity index (χ3n) is 2.11. The fraction of sp³-hybridized carbons (Fsp3) is 0.222. The number of anilines is 2. The summed E-state index contributed by atoms with van der Waals surface area (Å²) >= 11 is 0. The molecule has 2 rings (SSSR count). The number of nitrogens with one attached hydrogen (secondary N) is 2. The van der Waals surface area contributed by atoms with Crippen molar-refractivity contribution in [3.05, 3.63) is 34.6 Å². The van der Waals surface area contributed by atoms with Crippen molar-refractivity contribution >= 4 is 11.5 Å². The second-order valence-electron chi connectivity index (χ2n) is 3.37. The van der Waals surface area contributed by atoms with Gasteiger partial charge < -0.3 is 16.0 Å². The van der Waals surface area contributed by atoms with Gasteiger partial charge in [-0.05, 0) is 0 Å². The Morgan fingerprint density at radius 2 is 2.44 bits per heavy atom. The van der Waals surface area contributed by atoms with E-state index < -0.39 is 0 Å². The Morgan fingerprint density at radius 3 is 3.12 bits per heavy atom. The maximum atomic E-state index is 11.2.